The van der Waals surface area contributed by atoms with Crippen molar-refractivity contribution in [3.05, 3.63) is 90.1 Å². The molecule has 0 aliphatic carbocycles. The normalized spacial score (nSPS) is 10.8. The Morgan fingerprint density at radius 1 is 1.09 bits per heavy atom. The van der Waals surface area contributed by atoms with Crippen molar-refractivity contribution in [2.24, 2.45) is 7.05 Å². The van der Waals surface area contributed by atoms with Crippen molar-refractivity contribution in [1.82, 2.24) is 20.1 Å². The molecule has 2 heterocycles. The van der Waals surface area contributed by atoms with E-state index in [9.17, 15) is 14.3 Å². The predicted octanol–water partition coefficient (Wildman–Crippen LogP) is 4.36. The minimum atomic E-state index is -0.302. The number of benzene rings is 2. The largest absolute Gasteiger partial charge is 0.507 e. The minimum Gasteiger partial charge on any atom is -0.507 e. The molecule has 7 heteroatoms. The van der Waals surface area contributed by atoms with Gasteiger partial charge in [0.2, 0.25) is 0 Å². The average molecular weight is 430 g/mol. The molecule has 0 bridgehead atoms. The van der Waals surface area contributed by atoms with Gasteiger partial charge in [0.15, 0.2) is 0 Å². The Hall–Kier alpha value is -4.00. The lowest BCUT2D eigenvalue weighted by molar-refractivity contribution is 0.0950. The van der Waals surface area contributed by atoms with Gasteiger partial charge >= 0.3 is 0 Å². The summed E-state index contributed by atoms with van der Waals surface area (Å²) in [6.07, 6.45) is 5.08. The fourth-order valence-electron chi connectivity index (χ4n) is 3.54. The fourth-order valence-corrected chi connectivity index (χ4v) is 3.54. The third-order valence-corrected chi connectivity index (χ3v) is 5.12. The van der Waals surface area contributed by atoms with E-state index in [1.165, 1.54) is 18.2 Å². The highest BCUT2D eigenvalue weighted by Gasteiger charge is 2.13. The molecule has 0 fully saturated rings. The average Bonchev–Trinajstić information content (AvgIpc) is 3.19. The Kier molecular flexibility index (Phi) is 6.26. The van der Waals surface area contributed by atoms with E-state index in [-0.39, 0.29) is 23.0 Å². The van der Waals surface area contributed by atoms with Gasteiger partial charge in [-0.3, -0.25) is 14.5 Å². The van der Waals surface area contributed by atoms with Gasteiger partial charge in [-0.1, -0.05) is 12.1 Å². The zero-order valence-electron chi connectivity index (χ0n) is 17.6. The van der Waals surface area contributed by atoms with Gasteiger partial charge in [-0.2, -0.15) is 5.10 Å². The molecular formula is C25H23FN4O2. The number of nitrogens with zero attached hydrogens (tertiary/aromatic N) is 3. The number of pyridine rings is 1. The lowest BCUT2D eigenvalue weighted by atomic mass is 10.0. The standard InChI is InChI=1S/C25H23FN4O2/c1-30-16-22(24(29-30)17-8-10-19(26)11-9-17)18-12-14-27-20(15-18)5-4-13-28-25(32)21-6-2-3-7-23(21)31/h2-3,6-12,14-16,31H,4-5,13H2,1H3,(H,28,32). The summed E-state index contributed by atoms with van der Waals surface area (Å²) in [5.41, 5.74) is 4.69. The number of para-hydroxylation sites is 1. The number of hydrogen-bond donors (Lipinski definition) is 2. The summed E-state index contributed by atoms with van der Waals surface area (Å²) in [6, 6.07) is 16.7. The van der Waals surface area contributed by atoms with Gasteiger partial charge in [0.05, 0.1) is 5.56 Å². The zero-order valence-corrected chi connectivity index (χ0v) is 17.6. The molecule has 2 aromatic heterocycles. The third kappa shape index (κ3) is 4.83. The Morgan fingerprint density at radius 3 is 2.66 bits per heavy atom. The summed E-state index contributed by atoms with van der Waals surface area (Å²) in [5, 5.41) is 17.2. The zero-order chi connectivity index (χ0) is 22.5. The van der Waals surface area contributed by atoms with Crippen LogP contribution < -0.4 is 5.32 Å². The lowest BCUT2D eigenvalue weighted by Gasteiger charge is -2.08. The van der Waals surface area contributed by atoms with Crippen molar-refractivity contribution in [1.29, 1.82) is 0 Å². The van der Waals surface area contributed by atoms with E-state index in [1.54, 1.807) is 41.2 Å². The van der Waals surface area contributed by atoms with Crippen LogP contribution in [0.25, 0.3) is 22.4 Å². The van der Waals surface area contributed by atoms with E-state index in [0.29, 0.717) is 19.4 Å². The van der Waals surface area contributed by atoms with E-state index in [1.807, 2.05) is 25.4 Å². The topological polar surface area (TPSA) is 80.0 Å². The van der Waals surface area contributed by atoms with Gasteiger partial charge in [0, 0.05) is 42.8 Å². The molecule has 32 heavy (non-hydrogen) atoms. The summed E-state index contributed by atoms with van der Waals surface area (Å²) in [4.78, 5) is 16.6. The van der Waals surface area contributed by atoms with Crippen LogP contribution in [0, 0.1) is 5.82 Å². The highest BCUT2D eigenvalue weighted by atomic mass is 19.1. The number of phenolic OH excluding ortho intramolecular Hbond substituents is 1. The van der Waals surface area contributed by atoms with Gasteiger partial charge in [0.25, 0.3) is 5.91 Å². The number of halogens is 1. The van der Waals surface area contributed by atoms with Crippen LogP contribution in [0.2, 0.25) is 0 Å². The second-order valence-corrected chi connectivity index (χ2v) is 7.48. The SMILES string of the molecule is Cn1cc(-c2ccnc(CCCNC(=O)c3ccccc3O)c2)c(-c2ccc(F)cc2)n1. The maximum atomic E-state index is 13.3. The summed E-state index contributed by atoms with van der Waals surface area (Å²) in [7, 11) is 1.85. The molecule has 0 aliphatic rings. The van der Waals surface area contributed by atoms with Gasteiger partial charge in [-0.25, -0.2) is 4.39 Å². The number of hydrogen-bond acceptors (Lipinski definition) is 4. The third-order valence-electron chi connectivity index (χ3n) is 5.12. The Morgan fingerprint density at radius 2 is 1.88 bits per heavy atom. The molecule has 0 aliphatic heterocycles. The van der Waals surface area contributed by atoms with Crippen molar-refractivity contribution in [2.75, 3.05) is 6.54 Å². The Labute approximate surface area is 185 Å². The van der Waals surface area contributed by atoms with Crippen molar-refractivity contribution in [3.63, 3.8) is 0 Å². The molecule has 0 saturated heterocycles. The van der Waals surface area contributed by atoms with Gasteiger partial charge in [-0.05, 0) is 66.9 Å². The van der Waals surface area contributed by atoms with Crippen LogP contribution >= 0.6 is 0 Å². The van der Waals surface area contributed by atoms with Crippen LogP contribution in [0.15, 0.2) is 73.1 Å². The predicted molar refractivity (Wildman–Crippen MR) is 121 cm³/mol. The molecule has 4 rings (SSSR count). The molecule has 1 amide bonds. The van der Waals surface area contributed by atoms with E-state index in [2.05, 4.69) is 15.4 Å². The number of aryl methyl sites for hydroxylation is 2. The monoisotopic (exact) mass is 430 g/mol. The number of carbonyl (C=O) groups excluding carboxylic acids is 1. The van der Waals surface area contributed by atoms with Crippen LogP contribution in [-0.4, -0.2) is 32.3 Å². The fraction of sp³-hybridized carbons (Fsp3) is 0.160. The molecular weight excluding hydrogens is 407 g/mol. The molecule has 0 atom stereocenters. The van der Waals surface area contributed by atoms with Crippen LogP contribution in [0.5, 0.6) is 5.75 Å². The van der Waals surface area contributed by atoms with Gasteiger partial charge in [0.1, 0.15) is 17.3 Å². The van der Waals surface area contributed by atoms with Crippen molar-refractivity contribution in [2.45, 2.75) is 12.8 Å². The number of aromatic nitrogens is 3. The second-order valence-electron chi connectivity index (χ2n) is 7.48. The summed E-state index contributed by atoms with van der Waals surface area (Å²) < 4.78 is 15.1. The molecule has 6 nitrogen and oxygen atoms in total. The first-order valence-electron chi connectivity index (χ1n) is 10.3. The molecule has 4 aromatic rings. The van der Waals surface area contributed by atoms with Crippen molar-refractivity contribution in [3.8, 4) is 28.1 Å². The van der Waals surface area contributed by atoms with Crippen molar-refractivity contribution < 1.29 is 14.3 Å². The first kappa shape index (κ1) is 21.2. The molecule has 162 valence electrons. The Balaban J connectivity index is 1.43. The first-order chi connectivity index (χ1) is 15.5. The number of carbonyl (C=O) groups is 1. The molecule has 2 aromatic carbocycles. The van der Waals surface area contributed by atoms with Crippen LogP contribution in [-0.2, 0) is 13.5 Å². The maximum absolute atomic E-state index is 13.3. The number of rotatable bonds is 7. The van der Waals surface area contributed by atoms with Gasteiger partial charge < -0.3 is 10.4 Å². The molecule has 0 spiro atoms. The van der Waals surface area contributed by atoms with Crippen LogP contribution in [0.3, 0.4) is 0 Å². The lowest BCUT2D eigenvalue weighted by Crippen LogP contribution is -2.24. The second kappa shape index (κ2) is 9.43. The minimum absolute atomic E-state index is 0.0344. The van der Waals surface area contributed by atoms with E-state index in [0.717, 1.165) is 28.1 Å². The number of amides is 1. The summed E-state index contributed by atoms with van der Waals surface area (Å²) >= 11 is 0. The first-order valence-corrected chi connectivity index (χ1v) is 10.3. The van der Waals surface area contributed by atoms with Crippen molar-refractivity contribution >= 4 is 5.91 Å². The molecule has 0 unspecified atom stereocenters. The van der Waals surface area contributed by atoms with Gasteiger partial charge in [-0.15, -0.1) is 0 Å². The molecule has 2 N–H and O–H groups in total. The maximum Gasteiger partial charge on any atom is 0.255 e. The highest BCUT2D eigenvalue weighted by molar-refractivity contribution is 5.96. The summed E-state index contributed by atoms with van der Waals surface area (Å²) in [5.74, 6) is -0.621. The van der Waals surface area contributed by atoms with E-state index >= 15 is 0 Å². The van der Waals surface area contributed by atoms with Crippen LogP contribution in [0.1, 0.15) is 22.5 Å². The van der Waals surface area contributed by atoms with E-state index < -0.39 is 0 Å². The number of nitrogens with one attached hydrogen (secondary N) is 1. The number of aromatic hydroxyl groups is 1. The molecule has 0 saturated carbocycles. The smallest absolute Gasteiger partial charge is 0.255 e. The van der Waals surface area contributed by atoms with E-state index in [4.69, 9.17) is 0 Å². The molecule has 0 radical (unpaired) electrons. The highest BCUT2D eigenvalue weighted by Crippen LogP contribution is 2.31. The Bertz CT molecular complexity index is 1230. The summed E-state index contributed by atoms with van der Waals surface area (Å²) in [6.45, 7) is 0.465. The number of phenols is 1. The van der Waals surface area contributed by atoms with Crippen LogP contribution in [0.4, 0.5) is 4.39 Å². The quantitative estimate of drug-likeness (QED) is 0.427.